The van der Waals surface area contributed by atoms with Crippen LogP contribution in [0.2, 0.25) is 0 Å². The van der Waals surface area contributed by atoms with Crippen molar-refractivity contribution in [1.29, 1.82) is 0 Å². The molecular formula is C19H22O2. The van der Waals surface area contributed by atoms with Gasteiger partial charge in [0.15, 0.2) is 0 Å². The summed E-state index contributed by atoms with van der Waals surface area (Å²) < 4.78 is 0. The summed E-state index contributed by atoms with van der Waals surface area (Å²) in [4.78, 5) is 0. The predicted molar refractivity (Wildman–Crippen MR) is 84.6 cm³/mol. The van der Waals surface area contributed by atoms with Gasteiger partial charge >= 0.3 is 0 Å². The molecule has 2 heteroatoms. The zero-order chi connectivity index (χ0) is 14.8. The van der Waals surface area contributed by atoms with Crippen molar-refractivity contribution < 1.29 is 10.2 Å². The van der Waals surface area contributed by atoms with E-state index in [-0.39, 0.29) is 5.41 Å². The molecule has 2 N–H and O–H groups in total. The molecule has 4 rings (SSSR count). The summed E-state index contributed by atoms with van der Waals surface area (Å²) in [6, 6.07) is 10.0. The van der Waals surface area contributed by atoms with E-state index in [4.69, 9.17) is 0 Å². The second kappa shape index (κ2) is 4.01. The quantitative estimate of drug-likeness (QED) is 0.763. The highest BCUT2D eigenvalue weighted by Crippen LogP contribution is 2.60. The van der Waals surface area contributed by atoms with Crippen LogP contribution in [-0.4, -0.2) is 15.8 Å². The summed E-state index contributed by atoms with van der Waals surface area (Å²) in [5, 5.41) is 22.8. The molecule has 0 radical (unpaired) electrons. The average Bonchev–Trinajstić information content (AvgIpc) is 2.69. The summed E-state index contributed by atoms with van der Waals surface area (Å²) in [6.45, 7) is 4.27. The number of hydrogen-bond donors (Lipinski definition) is 2. The lowest BCUT2D eigenvalue weighted by Crippen LogP contribution is -2.44. The van der Waals surface area contributed by atoms with Crippen molar-refractivity contribution in [2.45, 2.75) is 51.0 Å². The molecule has 0 saturated heterocycles. The number of benzene rings is 2. The van der Waals surface area contributed by atoms with E-state index in [1.54, 1.807) is 6.07 Å². The van der Waals surface area contributed by atoms with Crippen LogP contribution in [0.15, 0.2) is 30.3 Å². The van der Waals surface area contributed by atoms with Crippen LogP contribution < -0.4 is 0 Å². The third-order valence-corrected chi connectivity index (χ3v) is 6.34. The van der Waals surface area contributed by atoms with Gasteiger partial charge < -0.3 is 10.2 Å². The van der Waals surface area contributed by atoms with Crippen molar-refractivity contribution in [3.63, 3.8) is 0 Å². The molecule has 1 saturated carbocycles. The molecule has 2 aliphatic rings. The van der Waals surface area contributed by atoms with Gasteiger partial charge in [-0.3, -0.25) is 0 Å². The maximum Gasteiger partial charge on any atom is 0.116 e. The molecule has 0 amide bonds. The summed E-state index contributed by atoms with van der Waals surface area (Å²) >= 11 is 0. The number of fused-ring (bicyclic) bond motifs is 5. The zero-order valence-corrected chi connectivity index (χ0v) is 12.7. The summed E-state index contributed by atoms with van der Waals surface area (Å²) in [7, 11) is 0. The third kappa shape index (κ3) is 1.63. The smallest absolute Gasteiger partial charge is 0.116 e. The van der Waals surface area contributed by atoms with Gasteiger partial charge in [0.05, 0.1) is 5.60 Å². The SMILES string of the molecule is CC1(O)CC[C@H]2c3ccc4cc(O)ccc4c3CC[C@@]21C. The molecule has 2 aromatic rings. The molecule has 0 bridgehead atoms. The Morgan fingerprint density at radius 3 is 2.71 bits per heavy atom. The molecule has 2 aliphatic carbocycles. The van der Waals surface area contributed by atoms with Gasteiger partial charge in [-0.1, -0.05) is 25.1 Å². The summed E-state index contributed by atoms with van der Waals surface area (Å²) in [6.07, 6.45) is 4.01. The first-order valence-corrected chi connectivity index (χ1v) is 7.89. The van der Waals surface area contributed by atoms with E-state index < -0.39 is 5.60 Å². The van der Waals surface area contributed by atoms with Gasteiger partial charge in [-0.2, -0.15) is 0 Å². The van der Waals surface area contributed by atoms with Crippen LogP contribution in [0, 0.1) is 5.41 Å². The Bertz CT molecular complexity index is 732. The minimum Gasteiger partial charge on any atom is -0.508 e. The zero-order valence-electron chi connectivity index (χ0n) is 12.7. The topological polar surface area (TPSA) is 40.5 Å². The van der Waals surface area contributed by atoms with Crippen LogP contribution in [0.1, 0.15) is 50.2 Å². The molecule has 21 heavy (non-hydrogen) atoms. The van der Waals surface area contributed by atoms with Crippen LogP contribution in [0.4, 0.5) is 0 Å². The number of phenolic OH excluding ortho intramolecular Hbond substituents is 1. The summed E-state index contributed by atoms with van der Waals surface area (Å²) in [5.74, 6) is 0.779. The molecule has 3 atom stereocenters. The van der Waals surface area contributed by atoms with Crippen LogP contribution in [0.3, 0.4) is 0 Å². The van der Waals surface area contributed by atoms with Crippen molar-refractivity contribution in [1.82, 2.24) is 0 Å². The van der Waals surface area contributed by atoms with Gasteiger partial charge in [0, 0.05) is 5.41 Å². The first kappa shape index (κ1) is 13.1. The molecule has 1 unspecified atom stereocenters. The molecule has 0 heterocycles. The normalized spacial score (nSPS) is 34.7. The van der Waals surface area contributed by atoms with Gasteiger partial charge in [-0.05, 0) is 72.6 Å². The van der Waals surface area contributed by atoms with E-state index in [0.717, 1.165) is 31.1 Å². The van der Waals surface area contributed by atoms with Crippen molar-refractivity contribution in [2.24, 2.45) is 5.41 Å². The lowest BCUT2D eigenvalue weighted by molar-refractivity contribution is -0.0494. The molecule has 2 nitrogen and oxygen atoms in total. The number of phenols is 1. The standard InChI is InChI=1S/C19H22O2/c1-18-9-7-15-14-6-4-13(20)11-12(14)3-5-16(15)17(18)8-10-19(18,2)21/h3-6,11,17,20-21H,7-10H2,1-2H3/t17-,18-,19?/m0/s1. The lowest BCUT2D eigenvalue weighted by Gasteiger charge is -2.45. The van der Waals surface area contributed by atoms with Crippen LogP contribution in [0.5, 0.6) is 5.75 Å². The van der Waals surface area contributed by atoms with Crippen molar-refractivity contribution >= 4 is 10.8 Å². The minimum absolute atomic E-state index is 0.00933. The van der Waals surface area contributed by atoms with Gasteiger partial charge in [0.1, 0.15) is 5.75 Å². The second-order valence-electron chi connectivity index (χ2n) is 7.32. The maximum atomic E-state index is 10.8. The van der Waals surface area contributed by atoms with Crippen LogP contribution >= 0.6 is 0 Å². The average molecular weight is 282 g/mol. The van der Waals surface area contributed by atoms with Gasteiger partial charge in [-0.25, -0.2) is 0 Å². The van der Waals surface area contributed by atoms with E-state index >= 15 is 0 Å². The van der Waals surface area contributed by atoms with E-state index in [9.17, 15) is 10.2 Å². The Balaban J connectivity index is 1.92. The highest BCUT2D eigenvalue weighted by Gasteiger charge is 2.55. The van der Waals surface area contributed by atoms with E-state index in [2.05, 4.69) is 19.1 Å². The van der Waals surface area contributed by atoms with E-state index in [1.807, 2.05) is 19.1 Å². The molecule has 0 aliphatic heterocycles. The third-order valence-electron chi connectivity index (χ3n) is 6.34. The number of hydrogen-bond acceptors (Lipinski definition) is 2. The predicted octanol–water partition coefficient (Wildman–Crippen LogP) is 4.13. The molecule has 0 aromatic heterocycles. The number of aliphatic hydroxyl groups is 1. The first-order chi connectivity index (χ1) is 9.92. The van der Waals surface area contributed by atoms with Crippen LogP contribution in [-0.2, 0) is 6.42 Å². The van der Waals surface area contributed by atoms with Crippen molar-refractivity contribution in [3.8, 4) is 5.75 Å². The number of rotatable bonds is 0. The summed E-state index contributed by atoms with van der Waals surface area (Å²) in [5.41, 5.74) is 2.27. The van der Waals surface area contributed by atoms with Gasteiger partial charge in [0.2, 0.25) is 0 Å². The molecule has 2 aromatic carbocycles. The monoisotopic (exact) mass is 282 g/mol. The Hall–Kier alpha value is -1.54. The molecule has 110 valence electrons. The van der Waals surface area contributed by atoms with Crippen molar-refractivity contribution in [3.05, 3.63) is 41.5 Å². The first-order valence-electron chi connectivity index (χ1n) is 7.89. The Morgan fingerprint density at radius 1 is 1.10 bits per heavy atom. The minimum atomic E-state index is -0.556. The Kier molecular flexibility index (Phi) is 2.51. The van der Waals surface area contributed by atoms with Gasteiger partial charge in [-0.15, -0.1) is 0 Å². The van der Waals surface area contributed by atoms with Gasteiger partial charge in [0.25, 0.3) is 0 Å². The Labute approximate surface area is 125 Å². The Morgan fingerprint density at radius 2 is 1.90 bits per heavy atom. The second-order valence-corrected chi connectivity index (χ2v) is 7.32. The fraction of sp³-hybridized carbons (Fsp3) is 0.474. The van der Waals surface area contributed by atoms with Crippen LogP contribution in [0.25, 0.3) is 10.8 Å². The maximum absolute atomic E-state index is 10.8. The molecule has 0 spiro atoms. The molecule has 1 fully saturated rings. The van der Waals surface area contributed by atoms with Crippen molar-refractivity contribution in [2.75, 3.05) is 0 Å². The highest BCUT2D eigenvalue weighted by molar-refractivity contribution is 5.88. The molecular weight excluding hydrogens is 260 g/mol. The lowest BCUT2D eigenvalue weighted by atomic mass is 9.62. The number of aromatic hydroxyl groups is 1. The van der Waals surface area contributed by atoms with E-state index in [0.29, 0.717) is 11.7 Å². The largest absolute Gasteiger partial charge is 0.508 e. The van der Waals surface area contributed by atoms with E-state index in [1.165, 1.54) is 16.5 Å². The highest BCUT2D eigenvalue weighted by atomic mass is 16.3. The fourth-order valence-electron chi connectivity index (χ4n) is 4.74. The fourth-order valence-corrected chi connectivity index (χ4v) is 4.74. The number of aryl methyl sites for hydroxylation is 1.